The summed E-state index contributed by atoms with van der Waals surface area (Å²) < 4.78 is 13.8. The van der Waals surface area contributed by atoms with Gasteiger partial charge in [0.15, 0.2) is 0 Å². The lowest BCUT2D eigenvalue weighted by Gasteiger charge is -2.25. The molecule has 1 aromatic rings. The molecule has 0 spiro atoms. The Bertz CT molecular complexity index is 395. The molecule has 1 saturated carbocycles. The van der Waals surface area contributed by atoms with Crippen molar-refractivity contribution in [1.29, 1.82) is 0 Å². The average molecular weight is 270 g/mol. The van der Waals surface area contributed by atoms with Crippen LogP contribution in [0, 0.1) is 11.2 Å². The SMILES string of the molecule is CCCNC(C)C1(Cc2c(F)cccc2Cl)CC1. The Morgan fingerprint density at radius 1 is 1.44 bits per heavy atom. The first-order valence-corrected chi connectivity index (χ1v) is 7.13. The van der Waals surface area contributed by atoms with Crippen molar-refractivity contribution in [2.45, 2.75) is 45.6 Å². The molecule has 0 aromatic heterocycles. The van der Waals surface area contributed by atoms with E-state index in [1.54, 1.807) is 12.1 Å². The lowest BCUT2D eigenvalue weighted by Crippen LogP contribution is -2.36. The number of hydrogen-bond donors (Lipinski definition) is 1. The highest BCUT2D eigenvalue weighted by atomic mass is 35.5. The first-order chi connectivity index (χ1) is 8.59. The Hall–Kier alpha value is -0.600. The summed E-state index contributed by atoms with van der Waals surface area (Å²) in [6.07, 6.45) is 4.20. The fourth-order valence-corrected chi connectivity index (χ4v) is 2.78. The lowest BCUT2D eigenvalue weighted by atomic mass is 9.89. The zero-order valence-electron chi connectivity index (χ0n) is 11.1. The fourth-order valence-electron chi connectivity index (χ4n) is 2.55. The van der Waals surface area contributed by atoms with Crippen molar-refractivity contribution in [3.8, 4) is 0 Å². The largest absolute Gasteiger partial charge is 0.314 e. The van der Waals surface area contributed by atoms with E-state index in [0.29, 0.717) is 16.6 Å². The molecule has 18 heavy (non-hydrogen) atoms. The van der Waals surface area contributed by atoms with Gasteiger partial charge in [0.1, 0.15) is 5.82 Å². The highest BCUT2D eigenvalue weighted by Gasteiger charge is 2.47. The van der Waals surface area contributed by atoms with E-state index in [-0.39, 0.29) is 11.2 Å². The maximum atomic E-state index is 13.8. The van der Waals surface area contributed by atoms with E-state index in [2.05, 4.69) is 19.2 Å². The molecule has 100 valence electrons. The Morgan fingerprint density at radius 3 is 2.72 bits per heavy atom. The minimum Gasteiger partial charge on any atom is -0.314 e. The zero-order valence-corrected chi connectivity index (χ0v) is 11.9. The molecule has 1 aromatic carbocycles. The second kappa shape index (κ2) is 5.58. The van der Waals surface area contributed by atoms with E-state index in [9.17, 15) is 4.39 Å². The molecule has 0 bridgehead atoms. The third-order valence-electron chi connectivity index (χ3n) is 4.10. The molecule has 2 rings (SSSR count). The summed E-state index contributed by atoms with van der Waals surface area (Å²) in [6, 6.07) is 5.37. The maximum absolute atomic E-state index is 13.8. The lowest BCUT2D eigenvalue weighted by molar-refractivity contribution is 0.346. The van der Waals surface area contributed by atoms with Crippen molar-refractivity contribution >= 4 is 11.6 Å². The molecule has 0 heterocycles. The molecule has 1 nitrogen and oxygen atoms in total. The third kappa shape index (κ3) is 2.86. The monoisotopic (exact) mass is 269 g/mol. The van der Waals surface area contributed by atoms with Crippen molar-refractivity contribution in [2.75, 3.05) is 6.54 Å². The molecular formula is C15H21ClFN. The predicted octanol–water partition coefficient (Wildman–Crippen LogP) is 4.19. The van der Waals surface area contributed by atoms with Crippen molar-refractivity contribution < 1.29 is 4.39 Å². The van der Waals surface area contributed by atoms with Gasteiger partial charge in [-0.1, -0.05) is 24.6 Å². The molecule has 0 amide bonds. The van der Waals surface area contributed by atoms with Crippen molar-refractivity contribution in [3.05, 3.63) is 34.6 Å². The van der Waals surface area contributed by atoms with Gasteiger partial charge in [0.05, 0.1) is 0 Å². The van der Waals surface area contributed by atoms with Gasteiger partial charge in [0.25, 0.3) is 0 Å². The van der Waals surface area contributed by atoms with E-state index in [1.807, 2.05) is 0 Å². The topological polar surface area (TPSA) is 12.0 Å². The number of halogens is 2. The summed E-state index contributed by atoms with van der Waals surface area (Å²) >= 11 is 6.11. The van der Waals surface area contributed by atoms with Crippen LogP contribution in [0.5, 0.6) is 0 Å². The van der Waals surface area contributed by atoms with Crippen molar-refractivity contribution in [3.63, 3.8) is 0 Å². The third-order valence-corrected chi connectivity index (χ3v) is 4.46. The number of benzene rings is 1. The second-order valence-electron chi connectivity index (χ2n) is 5.42. The molecule has 1 unspecified atom stereocenters. The first-order valence-electron chi connectivity index (χ1n) is 6.75. The molecule has 1 fully saturated rings. The van der Waals surface area contributed by atoms with Gasteiger partial charge >= 0.3 is 0 Å². The van der Waals surface area contributed by atoms with Gasteiger partial charge in [-0.2, -0.15) is 0 Å². The molecular weight excluding hydrogens is 249 g/mol. The Balaban J connectivity index is 2.09. The average Bonchev–Trinajstić information content (AvgIpc) is 3.12. The molecule has 1 aliphatic carbocycles. The van der Waals surface area contributed by atoms with Gasteiger partial charge in [-0.3, -0.25) is 0 Å². The summed E-state index contributed by atoms with van der Waals surface area (Å²) in [6.45, 7) is 5.39. The van der Waals surface area contributed by atoms with Crippen LogP contribution in [-0.4, -0.2) is 12.6 Å². The van der Waals surface area contributed by atoms with Gasteiger partial charge in [-0.15, -0.1) is 0 Å². The highest BCUT2D eigenvalue weighted by Crippen LogP contribution is 2.52. The zero-order chi connectivity index (χ0) is 13.2. The van der Waals surface area contributed by atoms with E-state index < -0.39 is 0 Å². The number of rotatable bonds is 6. The minimum absolute atomic E-state index is 0.170. The first kappa shape index (κ1) is 13.8. The maximum Gasteiger partial charge on any atom is 0.127 e. The summed E-state index contributed by atoms with van der Waals surface area (Å²) in [4.78, 5) is 0. The molecule has 1 atom stereocenters. The van der Waals surface area contributed by atoms with Gasteiger partial charge in [-0.05, 0) is 56.7 Å². The van der Waals surface area contributed by atoms with Crippen LogP contribution in [0.25, 0.3) is 0 Å². The number of hydrogen-bond acceptors (Lipinski definition) is 1. The summed E-state index contributed by atoms with van der Waals surface area (Å²) in [7, 11) is 0. The molecule has 0 aliphatic heterocycles. The Kier molecular flexibility index (Phi) is 4.29. The molecule has 0 radical (unpaired) electrons. The van der Waals surface area contributed by atoms with Crippen LogP contribution < -0.4 is 5.32 Å². The Labute approximate surface area is 114 Å². The van der Waals surface area contributed by atoms with Crippen LogP contribution in [0.1, 0.15) is 38.7 Å². The standard InChI is InChI=1S/C15H21ClFN/c1-3-9-18-11(2)15(7-8-15)10-12-13(16)5-4-6-14(12)17/h4-6,11,18H,3,7-10H2,1-2H3. The summed E-state index contributed by atoms with van der Waals surface area (Å²) in [5.74, 6) is -0.170. The van der Waals surface area contributed by atoms with Crippen LogP contribution in [-0.2, 0) is 6.42 Å². The van der Waals surface area contributed by atoms with Crippen LogP contribution >= 0.6 is 11.6 Å². The van der Waals surface area contributed by atoms with Crippen LogP contribution in [0.15, 0.2) is 18.2 Å². The van der Waals surface area contributed by atoms with Gasteiger partial charge in [0.2, 0.25) is 0 Å². The molecule has 1 aliphatic rings. The van der Waals surface area contributed by atoms with E-state index in [4.69, 9.17) is 11.6 Å². The van der Waals surface area contributed by atoms with Crippen molar-refractivity contribution in [1.82, 2.24) is 5.32 Å². The quantitative estimate of drug-likeness (QED) is 0.817. The van der Waals surface area contributed by atoms with Crippen LogP contribution in [0.4, 0.5) is 4.39 Å². The molecule has 0 saturated heterocycles. The Morgan fingerprint density at radius 2 is 2.17 bits per heavy atom. The van der Waals surface area contributed by atoms with Crippen LogP contribution in [0.2, 0.25) is 5.02 Å². The fraction of sp³-hybridized carbons (Fsp3) is 0.600. The highest BCUT2D eigenvalue weighted by molar-refractivity contribution is 6.31. The van der Waals surface area contributed by atoms with Gasteiger partial charge in [0, 0.05) is 16.6 Å². The smallest absolute Gasteiger partial charge is 0.127 e. The second-order valence-corrected chi connectivity index (χ2v) is 5.82. The minimum atomic E-state index is -0.170. The normalized spacial score (nSPS) is 18.7. The van der Waals surface area contributed by atoms with Gasteiger partial charge < -0.3 is 5.32 Å². The summed E-state index contributed by atoms with van der Waals surface area (Å²) in [5, 5.41) is 4.09. The summed E-state index contributed by atoms with van der Waals surface area (Å²) in [5.41, 5.74) is 0.892. The predicted molar refractivity (Wildman–Crippen MR) is 74.5 cm³/mol. The van der Waals surface area contributed by atoms with E-state index in [0.717, 1.165) is 32.2 Å². The van der Waals surface area contributed by atoms with E-state index >= 15 is 0 Å². The van der Waals surface area contributed by atoms with Crippen molar-refractivity contribution in [2.24, 2.45) is 5.41 Å². The van der Waals surface area contributed by atoms with Gasteiger partial charge in [-0.25, -0.2) is 4.39 Å². The molecule has 3 heteroatoms. The molecule has 1 N–H and O–H groups in total. The van der Waals surface area contributed by atoms with Crippen LogP contribution in [0.3, 0.4) is 0 Å². The number of nitrogens with one attached hydrogen (secondary N) is 1. The van der Waals surface area contributed by atoms with E-state index in [1.165, 1.54) is 6.07 Å².